The van der Waals surface area contributed by atoms with Gasteiger partial charge in [-0.1, -0.05) is 0 Å². The van der Waals surface area contributed by atoms with Crippen molar-refractivity contribution in [1.29, 1.82) is 0 Å². The molecule has 0 atom stereocenters. The molecule has 0 radical (unpaired) electrons. The average molecular weight is 233 g/mol. The van der Waals surface area contributed by atoms with Gasteiger partial charge in [-0.15, -0.1) is 0 Å². The van der Waals surface area contributed by atoms with Crippen molar-refractivity contribution in [3.63, 3.8) is 0 Å². The molecule has 0 aliphatic carbocycles. The first kappa shape index (κ1) is 11.4. The number of nitrogens with zero attached hydrogens (tertiary/aromatic N) is 3. The van der Waals surface area contributed by atoms with Crippen LogP contribution >= 0.6 is 0 Å². The summed E-state index contributed by atoms with van der Waals surface area (Å²) in [5.41, 5.74) is 1.84. The van der Waals surface area contributed by atoms with Gasteiger partial charge in [0.15, 0.2) is 5.65 Å². The number of pyridine rings is 1. The van der Waals surface area contributed by atoms with Gasteiger partial charge in [0.05, 0.1) is 6.54 Å². The van der Waals surface area contributed by atoms with Crippen molar-refractivity contribution in [2.24, 2.45) is 0 Å². The Labute approximate surface area is 99.0 Å². The van der Waals surface area contributed by atoms with Crippen LogP contribution in [-0.4, -0.2) is 33.6 Å². The van der Waals surface area contributed by atoms with Gasteiger partial charge in [-0.3, -0.25) is 4.79 Å². The number of aryl methyl sites for hydroxylation is 1. The lowest BCUT2D eigenvalue weighted by Crippen LogP contribution is -2.29. The van der Waals surface area contributed by atoms with Gasteiger partial charge in [-0.25, -0.2) is 4.98 Å². The molecule has 0 aliphatic heterocycles. The van der Waals surface area contributed by atoms with Crippen LogP contribution in [0.1, 0.15) is 12.5 Å². The minimum absolute atomic E-state index is 0.0396. The quantitative estimate of drug-likeness (QED) is 0.810. The lowest BCUT2D eigenvalue weighted by atomic mass is 10.3. The van der Waals surface area contributed by atoms with Crippen molar-refractivity contribution in [2.45, 2.75) is 13.8 Å². The van der Waals surface area contributed by atoms with Crippen LogP contribution in [0.15, 0.2) is 18.5 Å². The first-order valence-corrected chi connectivity index (χ1v) is 5.51. The number of amides is 1. The summed E-state index contributed by atoms with van der Waals surface area (Å²) in [5.74, 6) is 0.728. The van der Waals surface area contributed by atoms with E-state index in [1.807, 2.05) is 26.0 Å². The van der Waals surface area contributed by atoms with Crippen LogP contribution in [0.2, 0.25) is 0 Å². The maximum atomic E-state index is 11.4. The highest BCUT2D eigenvalue weighted by atomic mass is 16.1. The Balaban J connectivity index is 2.17. The summed E-state index contributed by atoms with van der Waals surface area (Å²) in [6.07, 6.45) is 1.49. The molecule has 90 valence electrons. The zero-order valence-corrected chi connectivity index (χ0v) is 9.90. The second-order valence-corrected chi connectivity index (χ2v) is 3.76. The van der Waals surface area contributed by atoms with E-state index in [2.05, 4.69) is 20.7 Å². The molecule has 0 spiro atoms. The normalized spacial score (nSPS) is 10.5. The zero-order chi connectivity index (χ0) is 12.3. The molecule has 17 heavy (non-hydrogen) atoms. The van der Waals surface area contributed by atoms with Gasteiger partial charge in [0.25, 0.3) is 0 Å². The topological polar surface area (TPSA) is 71.3 Å². The van der Waals surface area contributed by atoms with E-state index in [1.54, 1.807) is 4.52 Å². The molecule has 6 heteroatoms. The van der Waals surface area contributed by atoms with Gasteiger partial charge in [0, 0.05) is 6.54 Å². The number of rotatable bonds is 4. The SMILES string of the molecule is CCNC(=O)CNc1cc(C)cc2ncnn12. The van der Waals surface area contributed by atoms with Crippen LogP contribution in [0.25, 0.3) is 5.65 Å². The van der Waals surface area contributed by atoms with Gasteiger partial charge in [0.2, 0.25) is 5.91 Å². The summed E-state index contributed by atoms with van der Waals surface area (Å²) in [7, 11) is 0. The number of hydrogen-bond acceptors (Lipinski definition) is 4. The molecule has 0 unspecified atom stereocenters. The van der Waals surface area contributed by atoms with Crippen LogP contribution in [-0.2, 0) is 4.79 Å². The van der Waals surface area contributed by atoms with Crippen molar-refractivity contribution in [3.8, 4) is 0 Å². The number of carbonyl (C=O) groups is 1. The standard InChI is InChI=1S/C11H15N5O/c1-3-12-11(17)6-13-9-4-8(2)5-10-14-7-15-16(9)10/h4-5,7,13H,3,6H2,1-2H3,(H,12,17). The van der Waals surface area contributed by atoms with E-state index in [1.165, 1.54) is 6.33 Å². The molecule has 0 saturated heterocycles. The largest absolute Gasteiger partial charge is 0.361 e. The summed E-state index contributed by atoms with van der Waals surface area (Å²) in [6, 6.07) is 3.87. The zero-order valence-electron chi connectivity index (χ0n) is 9.90. The monoisotopic (exact) mass is 233 g/mol. The molecule has 6 nitrogen and oxygen atoms in total. The van der Waals surface area contributed by atoms with Crippen molar-refractivity contribution >= 4 is 17.4 Å². The fourth-order valence-electron chi connectivity index (χ4n) is 1.61. The summed E-state index contributed by atoms with van der Waals surface area (Å²) >= 11 is 0. The summed E-state index contributed by atoms with van der Waals surface area (Å²) < 4.78 is 1.67. The lowest BCUT2D eigenvalue weighted by molar-refractivity contribution is -0.119. The highest BCUT2D eigenvalue weighted by Gasteiger charge is 2.05. The Morgan fingerprint density at radius 1 is 1.47 bits per heavy atom. The number of anilines is 1. The molecule has 2 N–H and O–H groups in total. The number of carbonyl (C=O) groups excluding carboxylic acids is 1. The third-order valence-corrected chi connectivity index (χ3v) is 2.33. The number of hydrogen-bond donors (Lipinski definition) is 2. The molecule has 2 rings (SSSR count). The van der Waals surface area contributed by atoms with Gasteiger partial charge < -0.3 is 10.6 Å². The summed E-state index contributed by atoms with van der Waals surface area (Å²) in [5, 5.41) is 9.87. The fraction of sp³-hybridized carbons (Fsp3) is 0.364. The molecule has 2 heterocycles. The Morgan fingerprint density at radius 3 is 3.06 bits per heavy atom. The highest BCUT2D eigenvalue weighted by molar-refractivity contribution is 5.80. The first-order valence-electron chi connectivity index (χ1n) is 5.51. The molecule has 2 aromatic heterocycles. The third-order valence-electron chi connectivity index (χ3n) is 2.33. The predicted octanol–water partition coefficient (Wildman–Crippen LogP) is 0.586. The number of likely N-dealkylation sites (N-methyl/N-ethyl adjacent to an activating group) is 1. The van der Waals surface area contributed by atoms with E-state index in [0.29, 0.717) is 6.54 Å². The summed E-state index contributed by atoms with van der Waals surface area (Å²) in [6.45, 7) is 4.73. The van der Waals surface area contributed by atoms with E-state index in [9.17, 15) is 4.79 Å². The van der Waals surface area contributed by atoms with Gasteiger partial charge in [-0.05, 0) is 31.5 Å². The Kier molecular flexibility index (Phi) is 3.22. The Bertz CT molecular complexity index is 534. The summed E-state index contributed by atoms with van der Waals surface area (Å²) in [4.78, 5) is 15.5. The smallest absolute Gasteiger partial charge is 0.239 e. The number of nitrogens with one attached hydrogen (secondary N) is 2. The van der Waals surface area contributed by atoms with Crippen LogP contribution in [0, 0.1) is 6.92 Å². The maximum Gasteiger partial charge on any atom is 0.239 e. The Hall–Kier alpha value is -2.11. The molecular weight excluding hydrogens is 218 g/mol. The molecule has 0 fully saturated rings. The van der Waals surface area contributed by atoms with Gasteiger partial charge in [0.1, 0.15) is 12.1 Å². The molecule has 0 aromatic carbocycles. The van der Waals surface area contributed by atoms with Crippen molar-refractivity contribution in [2.75, 3.05) is 18.4 Å². The highest BCUT2D eigenvalue weighted by Crippen LogP contribution is 2.12. The van der Waals surface area contributed by atoms with E-state index < -0.39 is 0 Å². The second kappa shape index (κ2) is 4.82. The van der Waals surface area contributed by atoms with Crippen LogP contribution in [0.5, 0.6) is 0 Å². The average Bonchev–Trinajstić information content (AvgIpc) is 2.74. The van der Waals surface area contributed by atoms with E-state index in [-0.39, 0.29) is 12.5 Å². The number of aromatic nitrogens is 3. The molecule has 2 aromatic rings. The van der Waals surface area contributed by atoms with E-state index >= 15 is 0 Å². The molecular formula is C11H15N5O. The van der Waals surface area contributed by atoms with Crippen molar-refractivity contribution in [3.05, 3.63) is 24.0 Å². The lowest BCUT2D eigenvalue weighted by Gasteiger charge is -2.08. The molecule has 0 saturated carbocycles. The molecule has 1 amide bonds. The fourth-order valence-corrected chi connectivity index (χ4v) is 1.61. The van der Waals surface area contributed by atoms with Crippen LogP contribution < -0.4 is 10.6 Å². The van der Waals surface area contributed by atoms with E-state index in [4.69, 9.17) is 0 Å². The van der Waals surface area contributed by atoms with Crippen molar-refractivity contribution < 1.29 is 4.79 Å². The van der Waals surface area contributed by atoms with Gasteiger partial charge >= 0.3 is 0 Å². The maximum absolute atomic E-state index is 11.4. The van der Waals surface area contributed by atoms with Crippen LogP contribution in [0.4, 0.5) is 5.82 Å². The van der Waals surface area contributed by atoms with Crippen LogP contribution in [0.3, 0.4) is 0 Å². The first-order chi connectivity index (χ1) is 8.20. The molecule has 0 bridgehead atoms. The van der Waals surface area contributed by atoms with Gasteiger partial charge in [-0.2, -0.15) is 9.61 Å². The minimum atomic E-state index is -0.0396. The third kappa shape index (κ3) is 2.52. The van der Waals surface area contributed by atoms with E-state index in [0.717, 1.165) is 17.0 Å². The predicted molar refractivity (Wildman–Crippen MR) is 64.9 cm³/mol. The van der Waals surface area contributed by atoms with Crippen molar-refractivity contribution in [1.82, 2.24) is 19.9 Å². The molecule has 0 aliphatic rings. The number of fused-ring (bicyclic) bond motifs is 1. The minimum Gasteiger partial charge on any atom is -0.361 e. The Morgan fingerprint density at radius 2 is 2.29 bits per heavy atom. The second-order valence-electron chi connectivity index (χ2n) is 3.76.